The Morgan fingerprint density at radius 3 is 2.62 bits per heavy atom. The molecular weight excluding hydrogens is 311 g/mol. The summed E-state index contributed by atoms with van der Waals surface area (Å²) in [4.78, 5) is 12.7. The summed E-state index contributed by atoms with van der Waals surface area (Å²) < 4.78 is 13.8. The molecule has 4 N–H and O–H groups in total. The van der Waals surface area contributed by atoms with Gasteiger partial charge in [0.1, 0.15) is 17.8 Å². The summed E-state index contributed by atoms with van der Waals surface area (Å²) in [5.74, 6) is 0.671. The number of anilines is 4. The number of nitrogens with zero attached hydrogens (tertiary/aromatic N) is 4. The second kappa shape index (κ2) is 7.41. The Hall–Kier alpha value is -2.45. The summed E-state index contributed by atoms with van der Waals surface area (Å²) in [7, 11) is 0. The van der Waals surface area contributed by atoms with Crippen LogP contribution >= 0.6 is 0 Å². The van der Waals surface area contributed by atoms with Gasteiger partial charge in [0.05, 0.1) is 12.3 Å². The molecule has 1 aromatic carbocycles. The van der Waals surface area contributed by atoms with E-state index in [-0.39, 0.29) is 12.4 Å². The highest BCUT2D eigenvalue weighted by Gasteiger charge is 2.21. The molecular formula is C16H21FN6O. The highest BCUT2D eigenvalue weighted by Crippen LogP contribution is 2.29. The number of hydrogen-bond acceptors (Lipinski definition) is 7. The van der Waals surface area contributed by atoms with Gasteiger partial charge in [-0.25, -0.2) is 14.4 Å². The van der Waals surface area contributed by atoms with Crippen molar-refractivity contribution in [2.45, 2.75) is 0 Å². The van der Waals surface area contributed by atoms with E-state index in [4.69, 9.17) is 10.8 Å². The van der Waals surface area contributed by atoms with Gasteiger partial charge in [-0.1, -0.05) is 12.1 Å². The first-order chi connectivity index (χ1) is 11.7. The lowest BCUT2D eigenvalue weighted by Gasteiger charge is -2.35. The zero-order valence-corrected chi connectivity index (χ0v) is 13.3. The van der Waals surface area contributed by atoms with Crippen molar-refractivity contribution in [1.82, 2.24) is 14.9 Å². The van der Waals surface area contributed by atoms with E-state index in [2.05, 4.69) is 25.1 Å². The molecule has 1 saturated heterocycles. The Morgan fingerprint density at radius 2 is 1.92 bits per heavy atom. The number of β-amino-alcohol motifs (C(OH)–C–C–N with tert-alkyl or cyclic N) is 1. The lowest BCUT2D eigenvalue weighted by molar-refractivity contribution is 0.188. The lowest BCUT2D eigenvalue weighted by Crippen LogP contribution is -2.47. The monoisotopic (exact) mass is 332 g/mol. The summed E-state index contributed by atoms with van der Waals surface area (Å²) in [5, 5.41) is 11.9. The van der Waals surface area contributed by atoms with Crippen molar-refractivity contribution in [2.75, 3.05) is 55.3 Å². The van der Waals surface area contributed by atoms with Crippen LogP contribution in [0.4, 0.5) is 27.4 Å². The highest BCUT2D eigenvalue weighted by atomic mass is 19.1. The maximum Gasteiger partial charge on any atom is 0.159 e. The van der Waals surface area contributed by atoms with Gasteiger partial charge in [0.2, 0.25) is 0 Å². The molecule has 7 nitrogen and oxygen atoms in total. The van der Waals surface area contributed by atoms with Crippen molar-refractivity contribution < 1.29 is 9.50 Å². The van der Waals surface area contributed by atoms with Gasteiger partial charge >= 0.3 is 0 Å². The Balaban J connectivity index is 1.76. The molecule has 1 aliphatic rings. The number of aromatic nitrogens is 2. The fourth-order valence-corrected chi connectivity index (χ4v) is 2.75. The molecule has 8 heteroatoms. The Labute approximate surface area is 139 Å². The van der Waals surface area contributed by atoms with Gasteiger partial charge in [-0.3, -0.25) is 4.90 Å². The quantitative estimate of drug-likeness (QED) is 0.754. The first-order valence-corrected chi connectivity index (χ1v) is 7.89. The van der Waals surface area contributed by atoms with E-state index < -0.39 is 0 Å². The largest absolute Gasteiger partial charge is 0.395 e. The molecule has 3 rings (SSSR count). The predicted octanol–water partition coefficient (Wildman–Crippen LogP) is 1.06. The third-order valence-electron chi connectivity index (χ3n) is 4.08. The zero-order chi connectivity index (χ0) is 16.9. The van der Waals surface area contributed by atoms with Gasteiger partial charge in [0.25, 0.3) is 0 Å². The summed E-state index contributed by atoms with van der Waals surface area (Å²) >= 11 is 0. The average molecular weight is 332 g/mol. The minimum absolute atomic E-state index is 0.159. The summed E-state index contributed by atoms with van der Waals surface area (Å²) in [5.41, 5.74) is 6.92. The Bertz CT molecular complexity index is 690. The van der Waals surface area contributed by atoms with Crippen LogP contribution in [0, 0.1) is 5.82 Å². The van der Waals surface area contributed by atoms with Gasteiger partial charge in [-0.2, -0.15) is 0 Å². The molecule has 0 amide bonds. The van der Waals surface area contributed by atoms with Crippen LogP contribution in [0.1, 0.15) is 0 Å². The van der Waals surface area contributed by atoms with Crippen LogP contribution in [0.5, 0.6) is 0 Å². The molecule has 0 atom stereocenters. The van der Waals surface area contributed by atoms with E-state index in [1.165, 1.54) is 12.4 Å². The Morgan fingerprint density at radius 1 is 1.17 bits per heavy atom. The average Bonchev–Trinajstić information content (AvgIpc) is 2.60. The van der Waals surface area contributed by atoms with Gasteiger partial charge in [0.15, 0.2) is 11.6 Å². The molecule has 2 heterocycles. The second-order valence-corrected chi connectivity index (χ2v) is 5.62. The number of aliphatic hydroxyl groups excluding tert-OH is 1. The molecule has 2 aromatic rings. The van der Waals surface area contributed by atoms with E-state index >= 15 is 0 Å². The lowest BCUT2D eigenvalue weighted by atomic mass is 10.2. The smallest absolute Gasteiger partial charge is 0.159 e. The molecule has 1 fully saturated rings. The topological polar surface area (TPSA) is 90.5 Å². The molecule has 1 aromatic heterocycles. The van der Waals surface area contributed by atoms with Crippen LogP contribution < -0.4 is 16.0 Å². The first-order valence-electron chi connectivity index (χ1n) is 7.89. The molecule has 0 spiro atoms. The molecule has 0 saturated carbocycles. The van der Waals surface area contributed by atoms with Crippen molar-refractivity contribution in [1.29, 1.82) is 0 Å². The third-order valence-corrected chi connectivity index (χ3v) is 4.08. The van der Waals surface area contributed by atoms with Crippen molar-refractivity contribution in [3.8, 4) is 0 Å². The molecule has 0 bridgehead atoms. The van der Waals surface area contributed by atoms with Crippen molar-refractivity contribution in [2.24, 2.45) is 0 Å². The first kappa shape index (κ1) is 16.4. The zero-order valence-electron chi connectivity index (χ0n) is 13.3. The number of nitrogens with two attached hydrogens (primary N) is 1. The van der Waals surface area contributed by atoms with Gasteiger partial charge in [-0.15, -0.1) is 0 Å². The van der Waals surface area contributed by atoms with Crippen LogP contribution in [-0.4, -0.2) is 59.3 Å². The third kappa shape index (κ3) is 3.55. The van der Waals surface area contributed by atoms with Crippen LogP contribution in [0.15, 0.2) is 30.6 Å². The van der Waals surface area contributed by atoms with E-state index in [0.29, 0.717) is 29.6 Å². The van der Waals surface area contributed by atoms with Crippen LogP contribution in [0.3, 0.4) is 0 Å². The Kier molecular flexibility index (Phi) is 5.07. The highest BCUT2D eigenvalue weighted by molar-refractivity contribution is 5.78. The number of aliphatic hydroxyl groups is 1. The van der Waals surface area contributed by atoms with E-state index in [1.54, 1.807) is 18.2 Å². The number of nitrogens with one attached hydrogen (secondary N) is 1. The number of benzene rings is 1. The van der Waals surface area contributed by atoms with Crippen LogP contribution in [0.25, 0.3) is 0 Å². The SMILES string of the molecule is Nc1c(Nc2ccccc2F)ncnc1N1CCN(CCO)CC1. The maximum absolute atomic E-state index is 13.8. The number of hydrogen-bond donors (Lipinski definition) is 3. The predicted molar refractivity (Wildman–Crippen MR) is 91.9 cm³/mol. The fourth-order valence-electron chi connectivity index (χ4n) is 2.75. The second-order valence-electron chi connectivity index (χ2n) is 5.62. The van der Waals surface area contributed by atoms with E-state index in [0.717, 1.165) is 26.2 Å². The number of rotatable bonds is 5. The summed E-state index contributed by atoms with van der Waals surface area (Å²) in [6, 6.07) is 6.37. The number of piperazine rings is 1. The molecule has 0 unspecified atom stereocenters. The minimum Gasteiger partial charge on any atom is -0.395 e. The summed E-state index contributed by atoms with van der Waals surface area (Å²) in [6.45, 7) is 4.03. The van der Waals surface area contributed by atoms with Crippen LogP contribution in [-0.2, 0) is 0 Å². The van der Waals surface area contributed by atoms with E-state index in [9.17, 15) is 4.39 Å². The molecule has 1 aliphatic heterocycles. The van der Waals surface area contributed by atoms with Crippen LogP contribution in [0.2, 0.25) is 0 Å². The van der Waals surface area contributed by atoms with Crippen molar-refractivity contribution in [3.05, 3.63) is 36.4 Å². The van der Waals surface area contributed by atoms with Gasteiger partial charge in [-0.05, 0) is 12.1 Å². The summed E-state index contributed by atoms with van der Waals surface area (Å²) in [6.07, 6.45) is 1.43. The maximum atomic E-state index is 13.8. The number of para-hydroxylation sites is 1. The van der Waals surface area contributed by atoms with Gasteiger partial charge < -0.3 is 21.1 Å². The normalized spacial score (nSPS) is 15.5. The molecule has 24 heavy (non-hydrogen) atoms. The molecule has 0 aliphatic carbocycles. The minimum atomic E-state index is -0.366. The number of halogens is 1. The van der Waals surface area contributed by atoms with Crippen molar-refractivity contribution in [3.63, 3.8) is 0 Å². The standard InChI is InChI=1S/C16H21FN6O/c17-12-3-1-2-4-13(12)21-15-14(18)16(20-11-19-15)23-7-5-22(6-8-23)9-10-24/h1-4,11,24H,5-10,18H2,(H,19,20,21). The molecule has 128 valence electrons. The van der Waals surface area contributed by atoms with E-state index in [1.807, 2.05) is 0 Å². The van der Waals surface area contributed by atoms with Gasteiger partial charge in [0, 0.05) is 32.7 Å². The number of nitrogen functional groups attached to an aromatic ring is 1. The van der Waals surface area contributed by atoms with Crippen molar-refractivity contribution >= 4 is 23.0 Å². The fraction of sp³-hybridized carbons (Fsp3) is 0.375. The molecule has 0 radical (unpaired) electrons.